The van der Waals surface area contributed by atoms with Crippen LogP contribution in [0.1, 0.15) is 47.8 Å². The van der Waals surface area contributed by atoms with Gasteiger partial charge in [0.1, 0.15) is 12.6 Å². The maximum absolute atomic E-state index is 13.0. The highest BCUT2D eigenvalue weighted by molar-refractivity contribution is 6.62. The molecule has 0 bridgehead atoms. The number of fused-ring (bicyclic) bond motifs is 1. The topological polar surface area (TPSA) is 84.9 Å². The Kier molecular flexibility index (Phi) is 6.72. The molecule has 152 valence electrons. The predicted octanol–water partition coefficient (Wildman–Crippen LogP) is 1.96. The van der Waals surface area contributed by atoms with Gasteiger partial charge in [-0.2, -0.15) is 0 Å². The molecule has 0 aliphatic carbocycles. The van der Waals surface area contributed by atoms with Gasteiger partial charge in [0.15, 0.2) is 0 Å². The number of carbonyl (C=O) groups is 2. The van der Waals surface area contributed by atoms with Crippen molar-refractivity contribution in [3.63, 3.8) is 0 Å². The lowest BCUT2D eigenvalue weighted by Gasteiger charge is -2.22. The van der Waals surface area contributed by atoms with Crippen LogP contribution in [-0.4, -0.2) is 30.1 Å². The Labute approximate surface area is 171 Å². The molecule has 0 saturated carbocycles. The van der Waals surface area contributed by atoms with Gasteiger partial charge < -0.3 is 19.7 Å². The molecule has 29 heavy (non-hydrogen) atoms. The van der Waals surface area contributed by atoms with Gasteiger partial charge in [-0.3, -0.25) is 4.79 Å². The molecule has 0 radical (unpaired) electrons. The molecule has 2 N–H and O–H groups in total. The summed E-state index contributed by atoms with van der Waals surface area (Å²) >= 11 is 0. The summed E-state index contributed by atoms with van der Waals surface area (Å²) in [6.07, 6.45) is 0.567. The van der Waals surface area contributed by atoms with Crippen LogP contribution < -0.4 is 10.8 Å². The molecule has 2 aromatic rings. The van der Waals surface area contributed by atoms with E-state index in [-0.39, 0.29) is 18.4 Å². The van der Waals surface area contributed by atoms with Crippen molar-refractivity contribution in [3.8, 4) is 0 Å². The van der Waals surface area contributed by atoms with Gasteiger partial charge in [-0.05, 0) is 40.6 Å². The smallest absolute Gasteiger partial charge is 0.459 e. The molecule has 0 unspecified atom stereocenters. The second kappa shape index (κ2) is 9.24. The summed E-state index contributed by atoms with van der Waals surface area (Å²) in [4.78, 5) is 25.6. The minimum Gasteiger partial charge on any atom is -0.459 e. The lowest BCUT2D eigenvalue weighted by Crippen LogP contribution is -2.46. The molecular formula is C22H26BNO5. The third-order valence-electron chi connectivity index (χ3n) is 5.12. The second-order valence-corrected chi connectivity index (χ2v) is 7.47. The molecule has 1 aliphatic rings. The average Bonchev–Trinajstić information content (AvgIpc) is 3.11. The molecule has 2 aromatic carbocycles. The summed E-state index contributed by atoms with van der Waals surface area (Å²) in [5.41, 5.74) is 3.61. The highest BCUT2D eigenvalue weighted by atomic mass is 16.5. The maximum atomic E-state index is 13.0. The maximum Gasteiger partial charge on any atom is 0.492 e. The van der Waals surface area contributed by atoms with Crippen LogP contribution in [0.5, 0.6) is 0 Å². The number of amides is 1. The minimum absolute atomic E-state index is 0.143. The molecule has 0 fully saturated rings. The van der Waals surface area contributed by atoms with Crippen molar-refractivity contribution >= 4 is 24.5 Å². The van der Waals surface area contributed by atoms with Crippen LogP contribution in [0.2, 0.25) is 0 Å². The lowest BCUT2D eigenvalue weighted by molar-refractivity contribution is -0.148. The minimum atomic E-state index is -1.02. The first-order valence-electron chi connectivity index (χ1n) is 9.88. The molecule has 3 rings (SSSR count). The van der Waals surface area contributed by atoms with E-state index >= 15 is 0 Å². The van der Waals surface area contributed by atoms with Crippen LogP contribution in [-0.2, 0) is 33.8 Å². The molecule has 0 saturated heterocycles. The van der Waals surface area contributed by atoms with E-state index in [0.717, 1.165) is 16.7 Å². The molecule has 1 amide bonds. The van der Waals surface area contributed by atoms with Crippen LogP contribution in [0.25, 0.3) is 0 Å². The van der Waals surface area contributed by atoms with Crippen LogP contribution in [0.15, 0.2) is 42.5 Å². The zero-order valence-corrected chi connectivity index (χ0v) is 17.0. The number of ether oxygens (including phenoxy) is 1. The molecule has 6 nitrogen and oxygen atoms in total. The van der Waals surface area contributed by atoms with Crippen molar-refractivity contribution in [2.75, 3.05) is 0 Å². The van der Waals surface area contributed by atoms with Gasteiger partial charge in [0.05, 0.1) is 6.61 Å². The van der Waals surface area contributed by atoms with Gasteiger partial charge in [-0.1, -0.05) is 57.2 Å². The van der Waals surface area contributed by atoms with Crippen molar-refractivity contribution in [3.05, 3.63) is 64.7 Å². The van der Waals surface area contributed by atoms with Crippen molar-refractivity contribution < 1.29 is 24.0 Å². The summed E-state index contributed by atoms with van der Waals surface area (Å²) in [5.74, 6) is -0.977. The predicted molar refractivity (Wildman–Crippen MR) is 111 cm³/mol. The van der Waals surface area contributed by atoms with Gasteiger partial charge in [0.2, 0.25) is 0 Å². The molecule has 1 aliphatic heterocycles. The Hall–Kier alpha value is -2.64. The first-order chi connectivity index (χ1) is 13.9. The van der Waals surface area contributed by atoms with E-state index in [1.807, 2.05) is 51.1 Å². The summed E-state index contributed by atoms with van der Waals surface area (Å²) in [6.45, 7) is 6.12. The van der Waals surface area contributed by atoms with Crippen LogP contribution in [0.3, 0.4) is 0 Å². The van der Waals surface area contributed by atoms with Gasteiger partial charge in [-0.25, -0.2) is 4.79 Å². The lowest BCUT2D eigenvalue weighted by atomic mass is 9.74. The highest BCUT2D eigenvalue weighted by Crippen LogP contribution is 2.18. The first-order valence-corrected chi connectivity index (χ1v) is 9.88. The molecule has 0 aromatic heterocycles. The fraction of sp³-hybridized carbons (Fsp3) is 0.364. The molecule has 1 atom stereocenters. The zero-order valence-electron chi connectivity index (χ0n) is 17.0. The summed E-state index contributed by atoms with van der Waals surface area (Å²) in [7, 11) is -1.02. The van der Waals surface area contributed by atoms with Crippen molar-refractivity contribution in [2.24, 2.45) is 5.92 Å². The van der Waals surface area contributed by atoms with Gasteiger partial charge in [0.25, 0.3) is 5.91 Å². The fourth-order valence-electron chi connectivity index (χ4n) is 3.53. The summed E-state index contributed by atoms with van der Waals surface area (Å²) in [6, 6.07) is 12.1. The van der Waals surface area contributed by atoms with E-state index in [9.17, 15) is 14.6 Å². The van der Waals surface area contributed by atoms with E-state index < -0.39 is 19.1 Å². The number of hydrogen-bond acceptors (Lipinski definition) is 5. The Balaban J connectivity index is 1.75. The molecule has 1 heterocycles. The Morgan fingerprint density at radius 3 is 2.59 bits per heavy atom. The first kappa shape index (κ1) is 21.1. The standard InChI is InChI=1S/C22H26BNO5/c1-4-17-18(11-10-16-13-29-23(27)19(16)17)21(25)24-20(14(2)3)22(26)28-12-15-8-6-5-7-9-15/h5-11,14,20,27H,4,12-13H2,1-3H3,(H,24,25)/t20-/m0/s1. The SMILES string of the molecule is CCc1c(C(=O)N[C@H](C(=O)OCc2ccccc2)C(C)C)ccc2c1B(O)OC2. The molecule has 7 heteroatoms. The molecule has 0 spiro atoms. The van der Waals surface area contributed by atoms with Gasteiger partial charge in [0, 0.05) is 5.56 Å². The van der Waals surface area contributed by atoms with Crippen molar-refractivity contribution in [1.82, 2.24) is 5.32 Å². The van der Waals surface area contributed by atoms with E-state index in [1.165, 1.54) is 0 Å². The third-order valence-corrected chi connectivity index (χ3v) is 5.12. The zero-order chi connectivity index (χ0) is 21.0. The monoisotopic (exact) mass is 395 g/mol. The van der Waals surface area contributed by atoms with Crippen LogP contribution in [0.4, 0.5) is 0 Å². The normalized spacial score (nSPS) is 13.9. The van der Waals surface area contributed by atoms with Crippen molar-refractivity contribution in [1.29, 1.82) is 0 Å². The average molecular weight is 395 g/mol. The van der Waals surface area contributed by atoms with Crippen LogP contribution in [0, 0.1) is 5.92 Å². The Morgan fingerprint density at radius 1 is 1.21 bits per heavy atom. The van der Waals surface area contributed by atoms with Gasteiger partial charge in [-0.15, -0.1) is 0 Å². The second-order valence-electron chi connectivity index (χ2n) is 7.47. The number of hydrogen-bond donors (Lipinski definition) is 2. The molecular weight excluding hydrogens is 369 g/mol. The van der Waals surface area contributed by atoms with E-state index in [0.29, 0.717) is 24.1 Å². The summed E-state index contributed by atoms with van der Waals surface area (Å²) < 4.78 is 10.7. The highest BCUT2D eigenvalue weighted by Gasteiger charge is 2.33. The number of carbonyl (C=O) groups excluding carboxylic acids is 2. The number of nitrogens with one attached hydrogen (secondary N) is 1. The van der Waals surface area contributed by atoms with Gasteiger partial charge >= 0.3 is 13.1 Å². The van der Waals surface area contributed by atoms with E-state index in [2.05, 4.69) is 5.32 Å². The van der Waals surface area contributed by atoms with Crippen molar-refractivity contribution in [2.45, 2.75) is 46.4 Å². The van der Waals surface area contributed by atoms with E-state index in [4.69, 9.17) is 9.39 Å². The number of esters is 1. The Bertz CT molecular complexity index is 884. The number of benzene rings is 2. The fourth-order valence-corrected chi connectivity index (χ4v) is 3.53. The number of rotatable bonds is 7. The summed E-state index contributed by atoms with van der Waals surface area (Å²) in [5, 5.41) is 12.9. The van der Waals surface area contributed by atoms with E-state index in [1.54, 1.807) is 12.1 Å². The quantitative estimate of drug-likeness (QED) is 0.553. The van der Waals surface area contributed by atoms with Crippen LogP contribution >= 0.6 is 0 Å². The largest absolute Gasteiger partial charge is 0.492 e. The third kappa shape index (κ3) is 4.69. The Morgan fingerprint density at radius 2 is 1.93 bits per heavy atom.